The molecule has 0 heterocycles. The summed E-state index contributed by atoms with van der Waals surface area (Å²) in [5.74, 6) is -7.38. The summed E-state index contributed by atoms with van der Waals surface area (Å²) in [4.78, 5) is 57.5. The number of hydrogen-bond acceptors (Lipinski definition) is 8. The molecule has 0 aliphatic carbocycles. The zero-order valence-corrected chi connectivity index (χ0v) is 14.0. The first-order chi connectivity index (χ1) is 11.7. The second kappa shape index (κ2) is 19.8. The van der Waals surface area contributed by atoms with Gasteiger partial charge in [-0.1, -0.05) is 0 Å². The average Bonchev–Trinajstić information content (AvgIpc) is 2.36. The molecule has 0 spiro atoms. The molecule has 0 saturated heterocycles. The second-order valence-corrected chi connectivity index (χ2v) is 3.72. The zero-order valence-electron chi connectivity index (χ0n) is 14.0. The van der Waals surface area contributed by atoms with Gasteiger partial charge in [-0.25, -0.2) is 14.4 Å². The van der Waals surface area contributed by atoms with Crippen LogP contribution in [0.3, 0.4) is 0 Å². The molecular weight excluding hydrogens is 366 g/mol. The molecule has 7 N–H and O–H groups in total. The molecule has 14 nitrogen and oxygen atoms in total. The van der Waals surface area contributed by atoms with Crippen LogP contribution in [0.4, 0.5) is 0 Å². The number of carboxylic acids is 6. The Labute approximate surface area is 146 Å². The average molecular weight is 387 g/mol. The summed E-state index contributed by atoms with van der Waals surface area (Å²) < 4.78 is 4.03. The topological polar surface area (TPSA) is 245 Å². The third kappa shape index (κ3) is 49.8. The van der Waals surface area contributed by atoms with E-state index < -0.39 is 48.5 Å². The molecule has 0 fully saturated rings. The largest absolute Gasteiger partial charge is 0.481 e. The van der Waals surface area contributed by atoms with Gasteiger partial charge >= 0.3 is 23.9 Å². The number of carboxylic acid groups (broad SMARTS) is 6. The Kier molecular flexibility index (Phi) is 23.3. The van der Waals surface area contributed by atoms with Crippen LogP contribution in [0.2, 0.25) is 0 Å². The molecule has 14 heteroatoms. The lowest BCUT2D eigenvalue weighted by atomic mass is 10.4. The summed E-state index contributed by atoms with van der Waals surface area (Å²) in [6.07, 6.45) is -2.12. The highest BCUT2D eigenvalue weighted by Gasteiger charge is 2.27. The molecule has 0 saturated carbocycles. The van der Waals surface area contributed by atoms with Gasteiger partial charge < -0.3 is 40.7 Å². The molecule has 0 aliphatic heterocycles. The molecular formula is C12H21NO13. The normalized spacial score (nSPS) is 8.31. The molecule has 26 heavy (non-hydrogen) atoms. The van der Waals surface area contributed by atoms with Gasteiger partial charge in [0.1, 0.15) is 6.61 Å². The number of aliphatic carboxylic acids is 6. The number of likely N-dealkylation sites (N-methyl/N-ethyl adjacent to an activating group) is 1. The fraction of sp³-hybridized carbons (Fsp3) is 0.500. The minimum Gasteiger partial charge on any atom is -0.481 e. The predicted octanol–water partition coefficient (Wildman–Crippen LogP) is -1.90. The van der Waals surface area contributed by atoms with Gasteiger partial charge in [-0.2, -0.15) is 0 Å². The van der Waals surface area contributed by atoms with E-state index >= 15 is 0 Å². The highest BCUT2D eigenvalue weighted by atomic mass is 16.6. The van der Waals surface area contributed by atoms with E-state index in [1.165, 1.54) is 0 Å². The Morgan fingerprint density at radius 1 is 0.769 bits per heavy atom. The molecule has 0 bridgehead atoms. The maximum absolute atomic E-state index is 10.1. The molecule has 0 aliphatic rings. The van der Waals surface area contributed by atoms with Gasteiger partial charge in [-0.15, -0.1) is 0 Å². The van der Waals surface area contributed by atoms with E-state index in [0.717, 1.165) is 13.8 Å². The van der Waals surface area contributed by atoms with Gasteiger partial charge in [-0.3, -0.25) is 14.4 Å². The minimum atomic E-state index is -2.12. The summed E-state index contributed by atoms with van der Waals surface area (Å²) in [5.41, 5.74) is 0. The lowest BCUT2D eigenvalue weighted by Gasteiger charge is -2.05. The summed E-state index contributed by atoms with van der Waals surface area (Å²) >= 11 is 0. The summed E-state index contributed by atoms with van der Waals surface area (Å²) in [6, 6.07) is 0. The van der Waals surface area contributed by atoms with Crippen LogP contribution in [-0.2, 0) is 33.5 Å². The van der Waals surface area contributed by atoms with Gasteiger partial charge in [0.2, 0.25) is 0 Å². The van der Waals surface area contributed by atoms with E-state index in [1.807, 2.05) is 0 Å². The first-order valence-corrected chi connectivity index (χ1v) is 6.23. The van der Waals surface area contributed by atoms with Crippen molar-refractivity contribution >= 4 is 35.8 Å². The van der Waals surface area contributed by atoms with E-state index in [9.17, 15) is 19.2 Å². The van der Waals surface area contributed by atoms with Crippen molar-refractivity contribution in [2.24, 2.45) is 0 Å². The Balaban J connectivity index is -0.000000144. The zero-order chi connectivity index (χ0) is 21.9. The molecule has 0 aromatic heterocycles. The van der Waals surface area contributed by atoms with Crippen LogP contribution in [0.25, 0.3) is 0 Å². The quantitative estimate of drug-likeness (QED) is 0.236. The van der Waals surface area contributed by atoms with E-state index in [1.54, 1.807) is 7.05 Å². The summed E-state index contributed by atoms with van der Waals surface area (Å²) in [7, 11) is 1.59. The Morgan fingerprint density at radius 3 is 1.19 bits per heavy atom. The first kappa shape index (κ1) is 30.6. The number of carbonyl (C=O) groups is 6. The van der Waals surface area contributed by atoms with Crippen LogP contribution in [-0.4, -0.2) is 92.8 Å². The highest BCUT2D eigenvalue weighted by molar-refractivity contribution is 5.96. The molecule has 0 rings (SSSR count). The third-order valence-electron chi connectivity index (χ3n) is 1.15. The molecule has 0 atom stereocenters. The van der Waals surface area contributed by atoms with Crippen molar-refractivity contribution in [3.05, 3.63) is 0 Å². The van der Waals surface area contributed by atoms with Crippen molar-refractivity contribution in [3.63, 3.8) is 0 Å². The Hall–Kier alpha value is -3.26. The Morgan fingerprint density at radius 2 is 1.08 bits per heavy atom. The van der Waals surface area contributed by atoms with Gasteiger partial charge in [0.15, 0.2) is 0 Å². The molecule has 0 amide bonds. The predicted molar refractivity (Wildman–Crippen MR) is 80.8 cm³/mol. The van der Waals surface area contributed by atoms with E-state index in [4.69, 9.17) is 40.2 Å². The number of hydrogen-bond donors (Lipinski definition) is 7. The summed E-state index contributed by atoms with van der Waals surface area (Å²) in [5, 5.41) is 49.5. The molecule has 0 aromatic rings. The van der Waals surface area contributed by atoms with E-state index in [0.29, 0.717) is 0 Å². The molecule has 0 unspecified atom stereocenters. The van der Waals surface area contributed by atoms with Crippen molar-refractivity contribution in [1.29, 1.82) is 0 Å². The third-order valence-corrected chi connectivity index (χ3v) is 1.15. The Bertz CT molecular complexity index is 440. The van der Waals surface area contributed by atoms with Gasteiger partial charge in [0.05, 0.1) is 6.54 Å². The lowest BCUT2D eigenvalue weighted by molar-refractivity contribution is -0.168. The molecule has 152 valence electrons. The van der Waals surface area contributed by atoms with Crippen molar-refractivity contribution in [2.75, 3.05) is 20.2 Å². The van der Waals surface area contributed by atoms with Crippen LogP contribution in [0.1, 0.15) is 13.8 Å². The van der Waals surface area contributed by atoms with Crippen molar-refractivity contribution in [1.82, 2.24) is 5.32 Å². The summed E-state index contributed by atoms with van der Waals surface area (Å²) in [6.45, 7) is 1.25. The maximum Gasteiger partial charge on any atom is 0.344 e. The lowest BCUT2D eigenvalue weighted by Crippen LogP contribution is -2.34. The number of rotatable bonds is 7. The monoisotopic (exact) mass is 387 g/mol. The first-order valence-electron chi connectivity index (χ1n) is 6.23. The standard InChI is InChI=1S/C5H6O7.C3H7NO2.2C2H4O2/c6-2(7)1-12-3(4(8)9)5(10)11;1-4-2-3(5)6;2*1-2(3)4/h3H,1H2,(H,6,7)(H,8,9)(H,10,11);4H,2H2,1H3,(H,5,6);2*1H3,(H,3,4). The fourth-order valence-electron chi connectivity index (χ4n) is 0.554. The van der Waals surface area contributed by atoms with Crippen LogP contribution in [0.15, 0.2) is 0 Å². The van der Waals surface area contributed by atoms with Crippen molar-refractivity contribution in [3.8, 4) is 0 Å². The smallest absolute Gasteiger partial charge is 0.344 e. The minimum absolute atomic E-state index is 0.0417. The van der Waals surface area contributed by atoms with Gasteiger partial charge in [-0.05, 0) is 7.05 Å². The van der Waals surface area contributed by atoms with Crippen molar-refractivity contribution < 1.29 is 64.1 Å². The maximum atomic E-state index is 10.1. The van der Waals surface area contributed by atoms with Crippen LogP contribution in [0, 0.1) is 0 Å². The van der Waals surface area contributed by atoms with E-state index in [2.05, 4.69) is 10.1 Å². The number of nitrogens with one attached hydrogen (secondary N) is 1. The fourth-order valence-corrected chi connectivity index (χ4v) is 0.554. The van der Waals surface area contributed by atoms with Crippen LogP contribution in [0.5, 0.6) is 0 Å². The van der Waals surface area contributed by atoms with E-state index in [-0.39, 0.29) is 6.54 Å². The SMILES string of the molecule is CC(=O)O.CC(=O)O.CNCC(=O)O.O=C(O)COC(C(=O)O)C(=O)O. The van der Waals surface area contributed by atoms with Crippen LogP contribution >= 0.6 is 0 Å². The molecule has 0 radical (unpaired) electrons. The highest BCUT2D eigenvalue weighted by Crippen LogP contribution is 1.92. The van der Waals surface area contributed by atoms with Gasteiger partial charge in [0, 0.05) is 13.8 Å². The number of ether oxygens (including phenoxy) is 1. The van der Waals surface area contributed by atoms with Gasteiger partial charge in [0.25, 0.3) is 18.0 Å². The second-order valence-electron chi connectivity index (χ2n) is 3.72. The van der Waals surface area contributed by atoms with Crippen LogP contribution < -0.4 is 5.32 Å². The van der Waals surface area contributed by atoms with Crippen molar-refractivity contribution in [2.45, 2.75) is 20.0 Å². The molecule has 0 aromatic carbocycles.